The first-order valence-corrected chi connectivity index (χ1v) is 6.08. The average molecular weight is 247 g/mol. The van der Waals surface area contributed by atoms with Crippen LogP contribution in [0.25, 0.3) is 0 Å². The van der Waals surface area contributed by atoms with E-state index in [1.165, 1.54) is 12.1 Å². The van der Waals surface area contributed by atoms with Crippen LogP contribution in [0.5, 0.6) is 0 Å². The normalized spacial score (nSPS) is 18.7. The van der Waals surface area contributed by atoms with Crippen molar-refractivity contribution in [2.24, 2.45) is 0 Å². The Bertz CT molecular complexity index is 550. The van der Waals surface area contributed by atoms with Gasteiger partial charge in [-0.25, -0.2) is 14.1 Å². The van der Waals surface area contributed by atoms with Gasteiger partial charge in [0.15, 0.2) is 11.6 Å². The van der Waals surface area contributed by atoms with E-state index in [9.17, 15) is 9.50 Å². The van der Waals surface area contributed by atoms with Gasteiger partial charge in [-0.15, -0.1) is 0 Å². The number of halogens is 1. The predicted molar refractivity (Wildman–Crippen MR) is 63.4 cm³/mol. The number of benzene rings is 1. The lowest BCUT2D eigenvalue weighted by molar-refractivity contribution is 0.130. The minimum Gasteiger partial charge on any atom is -0.385 e. The fourth-order valence-corrected chi connectivity index (χ4v) is 2.24. The third-order valence-corrected chi connectivity index (χ3v) is 3.17. The van der Waals surface area contributed by atoms with E-state index in [1.807, 2.05) is 0 Å². The molecule has 1 atom stereocenters. The zero-order valence-electron chi connectivity index (χ0n) is 9.88. The number of aliphatic hydroxyl groups excluding tert-OH is 1. The first kappa shape index (κ1) is 11.3. The predicted octanol–water partition coefficient (Wildman–Crippen LogP) is 1.84. The van der Waals surface area contributed by atoms with Crippen molar-refractivity contribution in [1.29, 1.82) is 0 Å². The number of aromatic nitrogens is 3. The molecule has 1 unspecified atom stereocenters. The number of hydrogen-bond donors (Lipinski definition) is 1. The van der Waals surface area contributed by atoms with E-state index >= 15 is 0 Å². The molecule has 4 nitrogen and oxygen atoms in total. The standard InChI is InChI=1S/C13H14FN3O/c14-10-5-3-9(4-6-10)8-12-15-13-11(18)2-1-7-17(13)16-12/h3-6,11,18H,1-2,7-8H2. The third kappa shape index (κ3) is 2.13. The van der Waals surface area contributed by atoms with E-state index in [-0.39, 0.29) is 5.82 Å². The Labute approximate surface area is 104 Å². The molecule has 0 bridgehead atoms. The summed E-state index contributed by atoms with van der Waals surface area (Å²) in [7, 11) is 0. The van der Waals surface area contributed by atoms with Gasteiger partial charge in [-0.1, -0.05) is 12.1 Å². The van der Waals surface area contributed by atoms with Crippen LogP contribution in [-0.4, -0.2) is 19.9 Å². The maximum Gasteiger partial charge on any atom is 0.156 e. The van der Waals surface area contributed by atoms with Crippen LogP contribution in [-0.2, 0) is 13.0 Å². The van der Waals surface area contributed by atoms with Crippen LogP contribution in [0.1, 0.15) is 36.2 Å². The summed E-state index contributed by atoms with van der Waals surface area (Å²) >= 11 is 0. The van der Waals surface area contributed by atoms with E-state index < -0.39 is 6.10 Å². The Morgan fingerprint density at radius 1 is 1.33 bits per heavy atom. The minimum absolute atomic E-state index is 0.244. The molecular weight excluding hydrogens is 233 g/mol. The van der Waals surface area contributed by atoms with Crippen molar-refractivity contribution in [3.8, 4) is 0 Å². The van der Waals surface area contributed by atoms with Gasteiger partial charge in [0, 0.05) is 13.0 Å². The summed E-state index contributed by atoms with van der Waals surface area (Å²) in [5.41, 5.74) is 0.967. The van der Waals surface area contributed by atoms with Gasteiger partial charge >= 0.3 is 0 Å². The summed E-state index contributed by atoms with van der Waals surface area (Å²) in [6.07, 6.45) is 1.73. The molecule has 3 rings (SSSR count). The number of aryl methyl sites for hydroxylation is 1. The number of nitrogens with zero attached hydrogens (tertiary/aromatic N) is 3. The van der Waals surface area contributed by atoms with E-state index in [0.29, 0.717) is 18.1 Å². The molecule has 0 saturated carbocycles. The van der Waals surface area contributed by atoms with Crippen LogP contribution in [0, 0.1) is 5.82 Å². The molecule has 0 aliphatic carbocycles. The van der Waals surface area contributed by atoms with Crippen LogP contribution in [0.2, 0.25) is 0 Å². The zero-order valence-corrected chi connectivity index (χ0v) is 9.88. The van der Waals surface area contributed by atoms with Crippen molar-refractivity contribution in [3.63, 3.8) is 0 Å². The van der Waals surface area contributed by atoms with E-state index in [4.69, 9.17) is 0 Å². The second kappa shape index (κ2) is 4.49. The molecule has 2 heterocycles. The highest BCUT2D eigenvalue weighted by Crippen LogP contribution is 2.23. The summed E-state index contributed by atoms with van der Waals surface area (Å²) < 4.78 is 14.6. The first-order valence-electron chi connectivity index (χ1n) is 6.08. The molecule has 2 aromatic rings. The summed E-state index contributed by atoms with van der Waals surface area (Å²) in [5.74, 6) is 1.09. The second-order valence-corrected chi connectivity index (χ2v) is 4.57. The summed E-state index contributed by atoms with van der Waals surface area (Å²) in [6, 6.07) is 6.32. The topological polar surface area (TPSA) is 50.9 Å². The molecular formula is C13H14FN3O. The fourth-order valence-electron chi connectivity index (χ4n) is 2.24. The van der Waals surface area contributed by atoms with Crippen LogP contribution in [0.3, 0.4) is 0 Å². The monoisotopic (exact) mass is 247 g/mol. The first-order chi connectivity index (χ1) is 8.72. The van der Waals surface area contributed by atoms with Gasteiger partial charge in [-0.05, 0) is 30.5 Å². The molecule has 18 heavy (non-hydrogen) atoms. The third-order valence-electron chi connectivity index (χ3n) is 3.17. The maximum absolute atomic E-state index is 12.8. The van der Waals surface area contributed by atoms with E-state index in [0.717, 1.165) is 24.9 Å². The zero-order chi connectivity index (χ0) is 12.5. The van der Waals surface area contributed by atoms with Crippen molar-refractivity contribution in [2.45, 2.75) is 31.9 Å². The SMILES string of the molecule is OC1CCCn2nc(Cc3ccc(F)cc3)nc21. The quantitative estimate of drug-likeness (QED) is 0.881. The maximum atomic E-state index is 12.8. The van der Waals surface area contributed by atoms with Gasteiger partial charge in [-0.3, -0.25) is 0 Å². The molecule has 0 spiro atoms. The second-order valence-electron chi connectivity index (χ2n) is 4.57. The van der Waals surface area contributed by atoms with Gasteiger partial charge in [0.25, 0.3) is 0 Å². The molecule has 94 valence electrons. The van der Waals surface area contributed by atoms with Crippen molar-refractivity contribution in [3.05, 3.63) is 47.3 Å². The van der Waals surface area contributed by atoms with Crippen LogP contribution in [0.15, 0.2) is 24.3 Å². The van der Waals surface area contributed by atoms with Crippen LogP contribution < -0.4 is 0 Å². The molecule has 0 radical (unpaired) electrons. The number of fused-ring (bicyclic) bond motifs is 1. The number of rotatable bonds is 2. The highest BCUT2D eigenvalue weighted by atomic mass is 19.1. The lowest BCUT2D eigenvalue weighted by Gasteiger charge is -2.16. The van der Waals surface area contributed by atoms with Gasteiger partial charge in [-0.2, -0.15) is 5.10 Å². The summed E-state index contributed by atoms with van der Waals surface area (Å²) in [4.78, 5) is 4.36. The fraction of sp³-hybridized carbons (Fsp3) is 0.385. The average Bonchev–Trinajstić information content (AvgIpc) is 2.76. The molecule has 0 saturated heterocycles. The molecule has 1 N–H and O–H groups in total. The number of hydrogen-bond acceptors (Lipinski definition) is 3. The largest absolute Gasteiger partial charge is 0.385 e. The number of aliphatic hydroxyl groups is 1. The summed E-state index contributed by atoms with van der Waals surface area (Å²) in [5, 5.41) is 14.2. The van der Waals surface area contributed by atoms with Crippen LogP contribution in [0.4, 0.5) is 4.39 Å². The molecule has 1 aliphatic heterocycles. The van der Waals surface area contributed by atoms with Gasteiger partial charge in [0.05, 0.1) is 0 Å². The molecule has 0 amide bonds. The lowest BCUT2D eigenvalue weighted by atomic mass is 10.1. The van der Waals surface area contributed by atoms with Crippen molar-refractivity contribution in [2.75, 3.05) is 0 Å². The Hall–Kier alpha value is -1.75. The van der Waals surface area contributed by atoms with Crippen molar-refractivity contribution >= 4 is 0 Å². The molecule has 1 aromatic carbocycles. The van der Waals surface area contributed by atoms with Crippen molar-refractivity contribution < 1.29 is 9.50 Å². The lowest BCUT2D eigenvalue weighted by Crippen LogP contribution is -2.16. The Morgan fingerprint density at radius 2 is 2.11 bits per heavy atom. The Balaban J connectivity index is 1.83. The van der Waals surface area contributed by atoms with Gasteiger partial charge in [0.1, 0.15) is 11.9 Å². The highest BCUT2D eigenvalue weighted by molar-refractivity contribution is 5.20. The van der Waals surface area contributed by atoms with Crippen LogP contribution >= 0.6 is 0 Å². The highest BCUT2D eigenvalue weighted by Gasteiger charge is 2.21. The molecule has 0 fully saturated rings. The van der Waals surface area contributed by atoms with E-state index in [1.54, 1.807) is 16.8 Å². The minimum atomic E-state index is -0.506. The van der Waals surface area contributed by atoms with Gasteiger partial charge < -0.3 is 5.11 Å². The Kier molecular flexibility index (Phi) is 2.83. The summed E-state index contributed by atoms with van der Waals surface area (Å²) in [6.45, 7) is 0.808. The molecule has 1 aromatic heterocycles. The van der Waals surface area contributed by atoms with Gasteiger partial charge in [0.2, 0.25) is 0 Å². The van der Waals surface area contributed by atoms with E-state index in [2.05, 4.69) is 10.1 Å². The molecule has 5 heteroatoms. The molecule has 1 aliphatic rings. The smallest absolute Gasteiger partial charge is 0.156 e. The Morgan fingerprint density at radius 3 is 2.83 bits per heavy atom. The van der Waals surface area contributed by atoms with Crippen molar-refractivity contribution in [1.82, 2.24) is 14.8 Å².